The molecule has 1 saturated heterocycles. The third-order valence-corrected chi connectivity index (χ3v) is 5.27. The maximum absolute atomic E-state index is 14.4. The largest absolute Gasteiger partial charge is 0.354 e. The first-order chi connectivity index (χ1) is 13.9. The lowest BCUT2D eigenvalue weighted by Gasteiger charge is -2.10. The summed E-state index contributed by atoms with van der Waals surface area (Å²) >= 11 is 6.04. The van der Waals surface area contributed by atoms with E-state index in [9.17, 15) is 18.4 Å². The van der Waals surface area contributed by atoms with Gasteiger partial charge in [-0.1, -0.05) is 11.6 Å². The van der Waals surface area contributed by atoms with Crippen molar-refractivity contribution >= 4 is 34.3 Å². The quantitative estimate of drug-likeness (QED) is 0.592. The van der Waals surface area contributed by atoms with Crippen molar-refractivity contribution < 1.29 is 18.4 Å². The highest BCUT2D eigenvalue weighted by molar-refractivity contribution is 6.31. The maximum Gasteiger partial charge on any atom is 0.242 e. The van der Waals surface area contributed by atoms with Gasteiger partial charge in [0.2, 0.25) is 11.8 Å². The first kappa shape index (κ1) is 19.4. The number of fused-ring (bicyclic) bond motifs is 1. The van der Waals surface area contributed by atoms with Crippen LogP contribution >= 0.6 is 11.6 Å². The van der Waals surface area contributed by atoms with Gasteiger partial charge >= 0.3 is 0 Å². The van der Waals surface area contributed by atoms with Crippen LogP contribution in [-0.2, 0) is 16.0 Å². The van der Waals surface area contributed by atoms with E-state index in [0.29, 0.717) is 41.6 Å². The van der Waals surface area contributed by atoms with E-state index >= 15 is 0 Å². The van der Waals surface area contributed by atoms with Gasteiger partial charge in [0, 0.05) is 29.1 Å². The van der Waals surface area contributed by atoms with Gasteiger partial charge in [0.05, 0.1) is 5.52 Å². The highest BCUT2D eigenvalue weighted by atomic mass is 35.5. The van der Waals surface area contributed by atoms with Crippen LogP contribution in [0.15, 0.2) is 36.4 Å². The van der Waals surface area contributed by atoms with Crippen LogP contribution in [0.3, 0.4) is 0 Å². The topological polar surface area (TPSA) is 74.0 Å². The zero-order valence-corrected chi connectivity index (χ0v) is 16.1. The Labute approximate surface area is 170 Å². The summed E-state index contributed by atoms with van der Waals surface area (Å²) in [6.07, 6.45) is 0.963. The fourth-order valence-electron chi connectivity index (χ4n) is 3.63. The Morgan fingerprint density at radius 3 is 2.66 bits per heavy atom. The molecular weight excluding hydrogens is 400 g/mol. The molecule has 1 fully saturated rings. The van der Waals surface area contributed by atoms with Crippen molar-refractivity contribution in [2.45, 2.75) is 25.3 Å². The number of hydrogen-bond acceptors (Lipinski definition) is 2. The number of aromatic amines is 1. The maximum atomic E-state index is 14.4. The molecule has 1 aliphatic heterocycles. The number of amides is 2. The summed E-state index contributed by atoms with van der Waals surface area (Å²) in [5.74, 6) is -1.34. The summed E-state index contributed by atoms with van der Waals surface area (Å²) < 4.78 is 27.8. The van der Waals surface area contributed by atoms with Gasteiger partial charge in [-0.25, -0.2) is 8.78 Å². The van der Waals surface area contributed by atoms with E-state index in [4.69, 9.17) is 11.6 Å². The Kier molecular flexibility index (Phi) is 5.24. The molecule has 2 heterocycles. The number of aromatic nitrogens is 1. The highest BCUT2D eigenvalue weighted by Crippen LogP contribution is 2.34. The molecule has 29 heavy (non-hydrogen) atoms. The summed E-state index contributed by atoms with van der Waals surface area (Å²) in [7, 11) is 0. The van der Waals surface area contributed by atoms with Gasteiger partial charge in [-0.15, -0.1) is 0 Å². The molecule has 2 aromatic carbocycles. The van der Waals surface area contributed by atoms with E-state index in [2.05, 4.69) is 15.6 Å². The second kappa shape index (κ2) is 7.83. The van der Waals surface area contributed by atoms with Crippen LogP contribution < -0.4 is 10.6 Å². The highest BCUT2D eigenvalue weighted by Gasteiger charge is 2.25. The van der Waals surface area contributed by atoms with Crippen molar-refractivity contribution in [3.8, 4) is 11.3 Å². The van der Waals surface area contributed by atoms with Gasteiger partial charge in [0.15, 0.2) is 0 Å². The lowest BCUT2D eigenvalue weighted by atomic mass is 10.0. The van der Waals surface area contributed by atoms with E-state index in [1.165, 1.54) is 18.2 Å². The molecule has 0 aliphatic carbocycles. The van der Waals surface area contributed by atoms with Gasteiger partial charge in [0.25, 0.3) is 0 Å². The molecule has 1 aromatic heterocycles. The van der Waals surface area contributed by atoms with Crippen LogP contribution in [0, 0.1) is 11.6 Å². The zero-order chi connectivity index (χ0) is 20.5. The molecule has 150 valence electrons. The summed E-state index contributed by atoms with van der Waals surface area (Å²) in [4.78, 5) is 27.0. The van der Waals surface area contributed by atoms with Crippen LogP contribution in [0.25, 0.3) is 22.2 Å². The molecule has 3 N–H and O–H groups in total. The predicted octanol–water partition coefficient (Wildman–Crippen LogP) is 3.70. The lowest BCUT2D eigenvalue weighted by molar-refractivity contribution is -0.127. The van der Waals surface area contributed by atoms with Crippen molar-refractivity contribution in [2.24, 2.45) is 0 Å². The van der Waals surface area contributed by atoms with Gasteiger partial charge in [0.1, 0.15) is 17.7 Å². The second-order valence-corrected chi connectivity index (χ2v) is 7.43. The standard InChI is InChI=1S/C21H18ClF2N3O2/c22-12-9-15-14(5-6-18(28)26-17-7-8-25-21(17)29)19(27-20(15)16(24)10-12)11-1-3-13(23)4-2-11/h1-4,9-10,17,27H,5-8H2,(H,25,29)(H,26,28). The summed E-state index contributed by atoms with van der Waals surface area (Å²) in [6, 6.07) is 8.15. The molecule has 1 atom stereocenters. The minimum atomic E-state index is -0.520. The SMILES string of the molecule is O=C(CCc1c(-c2ccc(F)cc2)[nH]c2c(F)cc(Cl)cc12)NC1CCNC1=O. The first-order valence-corrected chi connectivity index (χ1v) is 9.63. The van der Waals surface area contributed by atoms with Crippen LogP contribution in [0.2, 0.25) is 5.02 Å². The molecule has 0 spiro atoms. The third kappa shape index (κ3) is 3.96. The molecule has 2 amide bonds. The third-order valence-electron chi connectivity index (χ3n) is 5.05. The molecule has 0 bridgehead atoms. The number of benzene rings is 2. The second-order valence-electron chi connectivity index (χ2n) is 7.00. The monoisotopic (exact) mass is 417 g/mol. The number of nitrogens with one attached hydrogen (secondary N) is 3. The Bertz CT molecular complexity index is 1100. The van der Waals surface area contributed by atoms with Crippen LogP contribution in [-0.4, -0.2) is 29.4 Å². The number of aryl methyl sites for hydroxylation is 1. The van der Waals surface area contributed by atoms with Gasteiger partial charge in [-0.05, 0) is 60.4 Å². The van der Waals surface area contributed by atoms with Crippen molar-refractivity contribution in [2.75, 3.05) is 6.54 Å². The van der Waals surface area contributed by atoms with Gasteiger partial charge in [-0.3, -0.25) is 9.59 Å². The van der Waals surface area contributed by atoms with E-state index < -0.39 is 11.9 Å². The molecule has 1 aliphatic rings. The predicted molar refractivity (Wildman–Crippen MR) is 107 cm³/mol. The Hall–Kier alpha value is -2.93. The smallest absolute Gasteiger partial charge is 0.242 e. The number of halogens is 3. The molecule has 5 nitrogen and oxygen atoms in total. The van der Waals surface area contributed by atoms with Crippen molar-refractivity contribution in [3.05, 3.63) is 58.6 Å². The van der Waals surface area contributed by atoms with E-state index in [1.54, 1.807) is 18.2 Å². The number of carbonyl (C=O) groups is 2. The van der Waals surface area contributed by atoms with Gasteiger partial charge < -0.3 is 15.6 Å². The number of H-pyrrole nitrogens is 1. The normalized spacial score (nSPS) is 16.2. The van der Waals surface area contributed by atoms with Crippen LogP contribution in [0.1, 0.15) is 18.4 Å². The summed E-state index contributed by atoms with van der Waals surface area (Å²) in [5.41, 5.74) is 2.26. The number of carbonyl (C=O) groups excluding carboxylic acids is 2. The lowest BCUT2D eigenvalue weighted by Crippen LogP contribution is -2.40. The fourth-order valence-corrected chi connectivity index (χ4v) is 3.84. The minimum absolute atomic E-state index is 0.110. The molecular formula is C21H18ClF2N3O2. The van der Waals surface area contributed by atoms with E-state index in [-0.39, 0.29) is 34.6 Å². The number of rotatable bonds is 5. The van der Waals surface area contributed by atoms with Crippen LogP contribution in [0.5, 0.6) is 0 Å². The molecule has 8 heteroatoms. The Morgan fingerprint density at radius 2 is 1.97 bits per heavy atom. The van der Waals surface area contributed by atoms with Crippen LogP contribution in [0.4, 0.5) is 8.78 Å². The first-order valence-electron chi connectivity index (χ1n) is 9.25. The molecule has 0 radical (unpaired) electrons. The molecule has 0 saturated carbocycles. The van der Waals surface area contributed by atoms with Crippen molar-refractivity contribution in [1.29, 1.82) is 0 Å². The van der Waals surface area contributed by atoms with Gasteiger partial charge in [-0.2, -0.15) is 0 Å². The molecule has 3 aromatic rings. The average Bonchev–Trinajstić information content (AvgIpc) is 3.24. The fraction of sp³-hybridized carbons (Fsp3) is 0.238. The Morgan fingerprint density at radius 1 is 1.21 bits per heavy atom. The Balaban J connectivity index is 1.65. The average molecular weight is 418 g/mol. The van der Waals surface area contributed by atoms with E-state index in [1.807, 2.05) is 0 Å². The van der Waals surface area contributed by atoms with E-state index in [0.717, 1.165) is 0 Å². The molecule has 4 rings (SSSR count). The minimum Gasteiger partial charge on any atom is -0.354 e. The number of hydrogen-bond donors (Lipinski definition) is 3. The molecule has 1 unspecified atom stereocenters. The zero-order valence-electron chi connectivity index (χ0n) is 15.3. The summed E-state index contributed by atoms with van der Waals surface area (Å²) in [5, 5.41) is 6.20. The van der Waals surface area contributed by atoms with Crippen molar-refractivity contribution in [1.82, 2.24) is 15.6 Å². The summed E-state index contributed by atoms with van der Waals surface area (Å²) in [6.45, 7) is 0.540. The van der Waals surface area contributed by atoms with Crippen molar-refractivity contribution in [3.63, 3.8) is 0 Å².